The minimum absolute atomic E-state index is 0.471. The summed E-state index contributed by atoms with van der Waals surface area (Å²) in [6, 6.07) is 4.96. The highest BCUT2D eigenvalue weighted by Gasteiger charge is 2.22. The zero-order chi connectivity index (χ0) is 16.0. The van der Waals surface area contributed by atoms with Gasteiger partial charge in [-0.2, -0.15) is 0 Å². The molecule has 3 aromatic heterocycles. The van der Waals surface area contributed by atoms with Crippen LogP contribution in [0.4, 0.5) is 0 Å². The van der Waals surface area contributed by atoms with Crippen LogP contribution in [0.1, 0.15) is 41.3 Å². The van der Waals surface area contributed by atoms with E-state index in [0.29, 0.717) is 12.0 Å². The van der Waals surface area contributed by atoms with E-state index in [-0.39, 0.29) is 0 Å². The average molecular weight is 326 g/mol. The van der Waals surface area contributed by atoms with E-state index in [4.69, 9.17) is 4.98 Å². The molecule has 4 nitrogen and oxygen atoms in total. The van der Waals surface area contributed by atoms with Crippen LogP contribution in [0.3, 0.4) is 0 Å². The predicted molar refractivity (Wildman–Crippen MR) is 96.1 cm³/mol. The number of fused-ring (bicyclic) bond motifs is 1. The van der Waals surface area contributed by atoms with Gasteiger partial charge in [0.25, 0.3) is 0 Å². The number of piperidine rings is 1. The normalized spacial score (nSPS) is 21.9. The fourth-order valence-corrected chi connectivity index (χ4v) is 4.48. The number of hydrogen-bond acceptors (Lipinski definition) is 4. The third-order valence-electron chi connectivity index (χ3n) is 4.71. The number of thiophene rings is 1. The van der Waals surface area contributed by atoms with Gasteiger partial charge in [-0.25, -0.2) is 9.97 Å². The van der Waals surface area contributed by atoms with Crippen molar-refractivity contribution in [2.45, 2.75) is 45.6 Å². The highest BCUT2D eigenvalue weighted by atomic mass is 32.1. The zero-order valence-electron chi connectivity index (χ0n) is 13.8. The highest BCUT2D eigenvalue weighted by molar-refractivity contribution is 7.12. The van der Waals surface area contributed by atoms with Gasteiger partial charge in [-0.3, -0.25) is 0 Å². The summed E-state index contributed by atoms with van der Waals surface area (Å²) in [5.41, 5.74) is 4.47. The third kappa shape index (κ3) is 2.79. The van der Waals surface area contributed by atoms with E-state index in [1.807, 2.05) is 17.5 Å². The fraction of sp³-hybridized carbons (Fsp3) is 0.444. The molecule has 0 spiro atoms. The third-order valence-corrected chi connectivity index (χ3v) is 5.67. The van der Waals surface area contributed by atoms with Gasteiger partial charge in [0.15, 0.2) is 0 Å². The molecular weight excluding hydrogens is 304 g/mol. The Bertz CT molecular complexity index is 848. The first kappa shape index (κ1) is 14.8. The second-order valence-electron chi connectivity index (χ2n) is 6.61. The minimum atomic E-state index is 0.471. The Balaban J connectivity index is 1.71. The van der Waals surface area contributed by atoms with Crippen molar-refractivity contribution in [1.29, 1.82) is 0 Å². The summed E-state index contributed by atoms with van der Waals surface area (Å²) in [4.78, 5) is 15.6. The molecule has 2 unspecified atom stereocenters. The molecule has 4 rings (SSSR count). The van der Waals surface area contributed by atoms with E-state index in [0.717, 1.165) is 41.9 Å². The number of rotatable bonds is 2. The Morgan fingerprint density at radius 2 is 2.13 bits per heavy atom. The van der Waals surface area contributed by atoms with Crippen molar-refractivity contribution in [3.63, 3.8) is 0 Å². The van der Waals surface area contributed by atoms with Crippen LogP contribution in [0, 0.1) is 13.8 Å². The molecule has 2 N–H and O–H groups in total. The van der Waals surface area contributed by atoms with E-state index >= 15 is 0 Å². The molecule has 120 valence electrons. The van der Waals surface area contributed by atoms with Crippen molar-refractivity contribution < 1.29 is 0 Å². The number of H-pyrrole nitrogens is 1. The van der Waals surface area contributed by atoms with Gasteiger partial charge in [0.2, 0.25) is 0 Å². The van der Waals surface area contributed by atoms with Gasteiger partial charge in [-0.05, 0) is 52.3 Å². The smallest absolute Gasteiger partial charge is 0.132 e. The number of nitrogens with zero attached hydrogens (tertiary/aromatic N) is 2. The van der Waals surface area contributed by atoms with Crippen LogP contribution in [0.15, 0.2) is 18.3 Å². The summed E-state index contributed by atoms with van der Waals surface area (Å²) in [7, 11) is 0. The molecule has 5 heteroatoms. The zero-order valence-corrected chi connectivity index (χ0v) is 14.6. The summed E-state index contributed by atoms with van der Waals surface area (Å²) in [5, 5.41) is 3.49. The molecule has 0 bridgehead atoms. The molecule has 0 radical (unpaired) electrons. The van der Waals surface area contributed by atoms with Crippen molar-refractivity contribution >= 4 is 22.4 Å². The first-order valence-corrected chi connectivity index (χ1v) is 9.08. The SMILES string of the molecule is Cc1cc(-c2cc3nc(C4CCNC(C)C4)ncc3[nH]2)c(C)s1. The molecule has 1 aliphatic rings. The van der Waals surface area contributed by atoms with Crippen LogP contribution < -0.4 is 5.32 Å². The molecule has 1 saturated heterocycles. The van der Waals surface area contributed by atoms with Crippen LogP contribution in [-0.4, -0.2) is 27.5 Å². The van der Waals surface area contributed by atoms with Crippen molar-refractivity contribution in [2.75, 3.05) is 6.54 Å². The first-order chi connectivity index (χ1) is 11.1. The van der Waals surface area contributed by atoms with Gasteiger partial charge >= 0.3 is 0 Å². The quantitative estimate of drug-likeness (QED) is 0.743. The number of aromatic nitrogens is 3. The maximum Gasteiger partial charge on any atom is 0.132 e. The Labute approximate surface area is 140 Å². The summed E-state index contributed by atoms with van der Waals surface area (Å²) in [6.45, 7) is 7.62. The van der Waals surface area contributed by atoms with Gasteiger partial charge in [-0.1, -0.05) is 0 Å². The second-order valence-corrected chi connectivity index (χ2v) is 8.07. The van der Waals surface area contributed by atoms with Crippen LogP contribution >= 0.6 is 11.3 Å². The number of nitrogens with one attached hydrogen (secondary N) is 2. The van der Waals surface area contributed by atoms with Crippen molar-refractivity contribution in [3.05, 3.63) is 33.9 Å². The lowest BCUT2D eigenvalue weighted by Crippen LogP contribution is -2.35. The molecule has 0 amide bonds. The Kier molecular flexibility index (Phi) is 3.70. The molecule has 1 aliphatic heterocycles. The van der Waals surface area contributed by atoms with E-state index in [1.54, 1.807) is 0 Å². The summed E-state index contributed by atoms with van der Waals surface area (Å²) in [6.07, 6.45) is 4.18. The number of aromatic amines is 1. The molecule has 23 heavy (non-hydrogen) atoms. The highest BCUT2D eigenvalue weighted by Crippen LogP contribution is 2.32. The standard InChI is InChI=1S/C18H22N4S/c1-10-6-13(4-5-19-10)18-20-9-17-16(22-18)8-15(21-17)14-7-11(2)23-12(14)3/h7-10,13,19,21H,4-6H2,1-3H3. The van der Waals surface area contributed by atoms with E-state index in [9.17, 15) is 0 Å². The van der Waals surface area contributed by atoms with Crippen molar-refractivity contribution in [1.82, 2.24) is 20.3 Å². The lowest BCUT2D eigenvalue weighted by atomic mass is 9.92. The molecule has 2 atom stereocenters. The summed E-state index contributed by atoms with van der Waals surface area (Å²) < 4.78 is 0. The maximum absolute atomic E-state index is 4.85. The molecule has 3 aromatic rings. The lowest BCUT2D eigenvalue weighted by Gasteiger charge is -2.26. The topological polar surface area (TPSA) is 53.6 Å². The van der Waals surface area contributed by atoms with Gasteiger partial charge in [0.05, 0.1) is 17.2 Å². The van der Waals surface area contributed by atoms with Crippen LogP contribution in [-0.2, 0) is 0 Å². The maximum atomic E-state index is 4.85. The van der Waals surface area contributed by atoms with Crippen LogP contribution in [0.5, 0.6) is 0 Å². The second kappa shape index (κ2) is 5.73. The van der Waals surface area contributed by atoms with Gasteiger partial charge in [0, 0.05) is 33.0 Å². The molecule has 0 saturated carbocycles. The van der Waals surface area contributed by atoms with Gasteiger partial charge in [0.1, 0.15) is 5.82 Å². The molecule has 0 aliphatic carbocycles. The van der Waals surface area contributed by atoms with Gasteiger partial charge in [-0.15, -0.1) is 11.3 Å². The monoisotopic (exact) mass is 326 g/mol. The van der Waals surface area contributed by atoms with Crippen LogP contribution in [0.25, 0.3) is 22.3 Å². The fourth-order valence-electron chi connectivity index (χ4n) is 3.54. The summed E-state index contributed by atoms with van der Waals surface area (Å²) in [5.74, 6) is 1.47. The number of hydrogen-bond donors (Lipinski definition) is 2. The van der Waals surface area contributed by atoms with Gasteiger partial charge < -0.3 is 10.3 Å². The average Bonchev–Trinajstić information content (AvgIpc) is 3.09. The number of aryl methyl sites for hydroxylation is 2. The Morgan fingerprint density at radius 1 is 1.26 bits per heavy atom. The van der Waals surface area contributed by atoms with Crippen molar-refractivity contribution in [2.24, 2.45) is 0 Å². The molecule has 1 fully saturated rings. The molecule has 4 heterocycles. The first-order valence-electron chi connectivity index (χ1n) is 8.26. The summed E-state index contributed by atoms with van der Waals surface area (Å²) >= 11 is 1.84. The lowest BCUT2D eigenvalue weighted by molar-refractivity contribution is 0.371. The Hall–Kier alpha value is -1.72. The van der Waals surface area contributed by atoms with E-state index < -0.39 is 0 Å². The van der Waals surface area contributed by atoms with Crippen molar-refractivity contribution in [3.8, 4) is 11.3 Å². The van der Waals surface area contributed by atoms with E-state index in [1.165, 1.54) is 15.3 Å². The molecule has 0 aromatic carbocycles. The van der Waals surface area contributed by atoms with Crippen LogP contribution in [0.2, 0.25) is 0 Å². The Morgan fingerprint density at radius 3 is 2.87 bits per heavy atom. The predicted octanol–water partition coefficient (Wildman–Crippen LogP) is 4.16. The van der Waals surface area contributed by atoms with E-state index in [2.05, 4.69) is 48.2 Å². The largest absolute Gasteiger partial charge is 0.352 e. The minimum Gasteiger partial charge on any atom is -0.352 e. The molecular formula is C18H22N4S.